The van der Waals surface area contributed by atoms with E-state index in [-0.39, 0.29) is 6.10 Å². The highest BCUT2D eigenvalue weighted by Gasteiger charge is 2.08. The van der Waals surface area contributed by atoms with Crippen LogP contribution in [0, 0.1) is 6.92 Å². The van der Waals surface area contributed by atoms with Crippen LogP contribution < -0.4 is 0 Å². The summed E-state index contributed by atoms with van der Waals surface area (Å²) in [5, 5.41) is 0.490. The summed E-state index contributed by atoms with van der Waals surface area (Å²) in [5.74, 6) is 0.619. The van der Waals surface area contributed by atoms with Crippen LogP contribution in [0.15, 0.2) is 6.20 Å². The number of hydrogen-bond acceptors (Lipinski definition) is 3. The monoisotopic (exact) mass is 186 g/mol. The zero-order chi connectivity index (χ0) is 9.14. The minimum atomic E-state index is -0.108. The van der Waals surface area contributed by atoms with Gasteiger partial charge in [0.2, 0.25) is 0 Å². The van der Waals surface area contributed by atoms with E-state index in [2.05, 4.69) is 9.97 Å². The minimum absolute atomic E-state index is 0.108. The average molecular weight is 187 g/mol. The van der Waals surface area contributed by atoms with Crippen molar-refractivity contribution in [2.75, 3.05) is 7.11 Å². The van der Waals surface area contributed by atoms with Gasteiger partial charge in [-0.3, -0.25) is 0 Å². The lowest BCUT2D eigenvalue weighted by Gasteiger charge is -2.07. The Labute approximate surface area is 76.7 Å². The van der Waals surface area contributed by atoms with Crippen molar-refractivity contribution in [3.05, 3.63) is 22.7 Å². The van der Waals surface area contributed by atoms with Crippen molar-refractivity contribution >= 4 is 11.6 Å². The molecule has 0 N–H and O–H groups in total. The second-order valence-corrected chi connectivity index (χ2v) is 2.94. The largest absolute Gasteiger partial charge is 0.374 e. The van der Waals surface area contributed by atoms with Crippen molar-refractivity contribution < 1.29 is 4.74 Å². The van der Waals surface area contributed by atoms with Crippen LogP contribution in [0.2, 0.25) is 5.15 Å². The van der Waals surface area contributed by atoms with Crippen LogP contribution in [0.4, 0.5) is 0 Å². The van der Waals surface area contributed by atoms with Gasteiger partial charge < -0.3 is 4.74 Å². The predicted octanol–water partition coefficient (Wildman–Crippen LogP) is 2.15. The van der Waals surface area contributed by atoms with E-state index < -0.39 is 0 Å². The summed E-state index contributed by atoms with van der Waals surface area (Å²) in [6.45, 7) is 3.74. The maximum absolute atomic E-state index is 5.81. The van der Waals surface area contributed by atoms with Gasteiger partial charge in [0.1, 0.15) is 11.3 Å². The molecule has 1 aromatic rings. The summed E-state index contributed by atoms with van der Waals surface area (Å²) in [6, 6.07) is 0. The Morgan fingerprint density at radius 2 is 2.25 bits per heavy atom. The van der Waals surface area contributed by atoms with Gasteiger partial charge in [0.25, 0.3) is 0 Å². The summed E-state index contributed by atoms with van der Waals surface area (Å²) in [6.07, 6.45) is 1.59. The first-order valence-corrected chi connectivity index (χ1v) is 4.04. The number of ether oxygens (including phenoxy) is 1. The molecule has 12 heavy (non-hydrogen) atoms. The highest BCUT2D eigenvalue weighted by Crippen LogP contribution is 2.15. The minimum Gasteiger partial charge on any atom is -0.374 e. The molecule has 66 valence electrons. The Morgan fingerprint density at radius 1 is 1.58 bits per heavy atom. The van der Waals surface area contributed by atoms with Crippen molar-refractivity contribution in [2.45, 2.75) is 20.0 Å². The fourth-order valence-electron chi connectivity index (χ4n) is 0.735. The summed E-state index contributed by atoms with van der Waals surface area (Å²) in [7, 11) is 1.61. The third-order valence-electron chi connectivity index (χ3n) is 1.65. The van der Waals surface area contributed by atoms with E-state index in [1.807, 2.05) is 13.8 Å². The molecule has 0 fully saturated rings. The fourth-order valence-corrected chi connectivity index (χ4v) is 0.871. The maximum atomic E-state index is 5.81. The molecule has 0 aliphatic heterocycles. The second-order valence-electron chi connectivity index (χ2n) is 2.58. The first-order valence-electron chi connectivity index (χ1n) is 3.67. The fraction of sp³-hybridized carbons (Fsp3) is 0.500. The van der Waals surface area contributed by atoms with Crippen molar-refractivity contribution in [1.82, 2.24) is 9.97 Å². The highest BCUT2D eigenvalue weighted by atomic mass is 35.5. The Kier molecular flexibility index (Phi) is 3.00. The number of nitrogens with zero attached hydrogens (tertiary/aromatic N) is 2. The van der Waals surface area contributed by atoms with E-state index in [0.717, 1.165) is 5.56 Å². The number of aromatic nitrogens is 2. The van der Waals surface area contributed by atoms with Gasteiger partial charge in [0.05, 0.1) is 0 Å². The smallest absolute Gasteiger partial charge is 0.158 e. The van der Waals surface area contributed by atoms with Crippen molar-refractivity contribution in [3.8, 4) is 0 Å². The molecule has 0 aliphatic carbocycles. The van der Waals surface area contributed by atoms with E-state index in [0.29, 0.717) is 11.0 Å². The van der Waals surface area contributed by atoms with Crippen LogP contribution in [-0.4, -0.2) is 17.1 Å². The van der Waals surface area contributed by atoms with E-state index in [9.17, 15) is 0 Å². The standard InChI is InChI=1S/C8H11ClN2O/c1-5-4-10-8(6(2)12-3)11-7(5)9/h4,6H,1-3H3. The lowest BCUT2D eigenvalue weighted by Crippen LogP contribution is -2.03. The summed E-state index contributed by atoms with van der Waals surface area (Å²) < 4.78 is 5.05. The molecule has 1 heterocycles. The number of methoxy groups -OCH3 is 1. The van der Waals surface area contributed by atoms with Crippen molar-refractivity contribution in [2.24, 2.45) is 0 Å². The van der Waals surface area contributed by atoms with E-state index in [1.165, 1.54) is 0 Å². The van der Waals surface area contributed by atoms with Crippen LogP contribution >= 0.6 is 11.6 Å². The lowest BCUT2D eigenvalue weighted by atomic mass is 10.3. The second kappa shape index (κ2) is 3.83. The molecule has 4 heteroatoms. The van der Waals surface area contributed by atoms with Gasteiger partial charge in [0, 0.05) is 18.9 Å². The van der Waals surface area contributed by atoms with Crippen LogP contribution in [0.3, 0.4) is 0 Å². The van der Waals surface area contributed by atoms with Crippen LogP contribution in [-0.2, 0) is 4.74 Å². The molecule has 1 atom stereocenters. The van der Waals surface area contributed by atoms with Gasteiger partial charge in [-0.2, -0.15) is 0 Å². The molecular weight excluding hydrogens is 176 g/mol. The molecule has 1 aromatic heterocycles. The summed E-state index contributed by atoms with van der Waals surface area (Å²) >= 11 is 5.81. The van der Waals surface area contributed by atoms with Crippen LogP contribution in [0.25, 0.3) is 0 Å². The number of aryl methyl sites for hydroxylation is 1. The van der Waals surface area contributed by atoms with Gasteiger partial charge in [-0.15, -0.1) is 0 Å². The summed E-state index contributed by atoms with van der Waals surface area (Å²) in [4.78, 5) is 8.16. The topological polar surface area (TPSA) is 35.0 Å². The molecule has 0 aromatic carbocycles. The van der Waals surface area contributed by atoms with Gasteiger partial charge in [0.15, 0.2) is 5.82 Å². The third kappa shape index (κ3) is 1.93. The first-order chi connectivity index (χ1) is 5.65. The lowest BCUT2D eigenvalue weighted by molar-refractivity contribution is 0.112. The van der Waals surface area contributed by atoms with E-state index >= 15 is 0 Å². The Morgan fingerprint density at radius 3 is 2.75 bits per heavy atom. The van der Waals surface area contributed by atoms with E-state index in [4.69, 9.17) is 16.3 Å². The Hall–Kier alpha value is -0.670. The number of rotatable bonds is 2. The Balaban J connectivity index is 2.96. The summed E-state index contributed by atoms with van der Waals surface area (Å²) in [5.41, 5.74) is 0.878. The number of halogens is 1. The molecule has 0 radical (unpaired) electrons. The van der Waals surface area contributed by atoms with Gasteiger partial charge in [-0.25, -0.2) is 9.97 Å². The molecule has 0 amide bonds. The molecule has 0 saturated heterocycles. The van der Waals surface area contributed by atoms with Crippen LogP contribution in [0.1, 0.15) is 24.4 Å². The van der Waals surface area contributed by atoms with Gasteiger partial charge in [-0.1, -0.05) is 11.6 Å². The van der Waals surface area contributed by atoms with Gasteiger partial charge in [-0.05, 0) is 13.8 Å². The molecule has 0 spiro atoms. The van der Waals surface area contributed by atoms with Gasteiger partial charge >= 0.3 is 0 Å². The highest BCUT2D eigenvalue weighted by molar-refractivity contribution is 6.30. The van der Waals surface area contributed by atoms with E-state index in [1.54, 1.807) is 13.3 Å². The predicted molar refractivity (Wildman–Crippen MR) is 47.2 cm³/mol. The SMILES string of the molecule is COC(C)c1ncc(C)c(Cl)n1. The first kappa shape index (κ1) is 9.42. The van der Waals surface area contributed by atoms with Crippen molar-refractivity contribution in [3.63, 3.8) is 0 Å². The molecular formula is C8H11ClN2O. The molecule has 0 saturated carbocycles. The average Bonchev–Trinajstić information content (AvgIpc) is 2.08. The van der Waals surface area contributed by atoms with Crippen molar-refractivity contribution in [1.29, 1.82) is 0 Å². The molecule has 3 nitrogen and oxygen atoms in total. The molecule has 0 bridgehead atoms. The number of hydrogen-bond donors (Lipinski definition) is 0. The zero-order valence-corrected chi connectivity index (χ0v) is 8.09. The quantitative estimate of drug-likeness (QED) is 0.664. The molecule has 1 rings (SSSR count). The van der Waals surface area contributed by atoms with Crippen LogP contribution in [0.5, 0.6) is 0 Å². The molecule has 1 unspecified atom stereocenters. The third-order valence-corrected chi connectivity index (χ3v) is 2.03. The normalized spacial score (nSPS) is 13.0. The Bertz CT molecular complexity index is 278. The maximum Gasteiger partial charge on any atom is 0.158 e. The zero-order valence-electron chi connectivity index (χ0n) is 7.34. The molecule has 0 aliphatic rings.